The number of rotatable bonds is 2. The van der Waals surface area contributed by atoms with Gasteiger partial charge in [0.1, 0.15) is 21.2 Å². The highest BCUT2D eigenvalue weighted by molar-refractivity contribution is 9.10. The summed E-state index contributed by atoms with van der Waals surface area (Å²) >= 11 is 3.11. The number of fused-ring (bicyclic) bond motifs is 1. The minimum atomic E-state index is -0.401. The first-order valence-corrected chi connectivity index (χ1v) is 6.42. The predicted molar refractivity (Wildman–Crippen MR) is 77.2 cm³/mol. The lowest BCUT2D eigenvalue weighted by atomic mass is 10.2. The molecule has 0 radical (unpaired) electrons. The molecule has 0 saturated heterocycles. The maximum absolute atomic E-state index is 12.1. The van der Waals surface area contributed by atoms with Gasteiger partial charge in [-0.1, -0.05) is 6.07 Å². The van der Waals surface area contributed by atoms with Crippen LogP contribution >= 0.6 is 15.9 Å². The zero-order valence-electron chi connectivity index (χ0n) is 10.3. The van der Waals surface area contributed by atoms with E-state index in [2.05, 4.69) is 41.8 Å². The Kier molecular flexibility index (Phi) is 2.90. The summed E-state index contributed by atoms with van der Waals surface area (Å²) in [5.74, 6) is 0. The number of halogens is 1. The van der Waals surface area contributed by atoms with Crippen LogP contribution in [0.4, 0.5) is 11.4 Å². The molecule has 8 nitrogen and oxygen atoms in total. The number of nitrogens with one attached hydrogen (secondary N) is 3. The first-order chi connectivity index (χ1) is 9.58. The Balaban J connectivity index is 2.19. The van der Waals surface area contributed by atoms with Crippen LogP contribution in [0.3, 0.4) is 0 Å². The number of aryl methyl sites for hydroxylation is 1. The van der Waals surface area contributed by atoms with Crippen molar-refractivity contribution >= 4 is 38.3 Å². The number of benzene rings is 1. The van der Waals surface area contributed by atoms with Gasteiger partial charge in [-0.25, -0.2) is 0 Å². The van der Waals surface area contributed by atoms with Gasteiger partial charge in [0.2, 0.25) is 0 Å². The molecule has 20 heavy (non-hydrogen) atoms. The number of aromatic nitrogens is 5. The van der Waals surface area contributed by atoms with Crippen LogP contribution in [0.15, 0.2) is 32.3 Å². The molecule has 0 unspecified atom stereocenters. The summed E-state index contributed by atoms with van der Waals surface area (Å²) in [6, 6.07) is 5.31. The van der Waals surface area contributed by atoms with Gasteiger partial charge in [0.25, 0.3) is 11.1 Å². The number of para-hydroxylation sites is 1. The van der Waals surface area contributed by atoms with Crippen LogP contribution < -0.4 is 16.4 Å². The van der Waals surface area contributed by atoms with E-state index in [-0.39, 0.29) is 15.7 Å². The quantitative estimate of drug-likeness (QED) is 0.642. The third-order valence-corrected chi connectivity index (χ3v) is 3.57. The summed E-state index contributed by atoms with van der Waals surface area (Å²) in [5.41, 5.74) is 1.21. The Morgan fingerprint density at radius 2 is 2.10 bits per heavy atom. The molecule has 1 aromatic carbocycles. The maximum atomic E-state index is 12.1. The number of nitrogens with zero attached hydrogens (tertiary/aromatic N) is 3. The van der Waals surface area contributed by atoms with E-state index in [1.165, 1.54) is 7.05 Å². The molecule has 3 aromatic rings. The average molecular weight is 337 g/mol. The van der Waals surface area contributed by atoms with E-state index in [4.69, 9.17) is 0 Å². The van der Waals surface area contributed by atoms with Crippen molar-refractivity contribution in [3.05, 3.63) is 43.4 Å². The van der Waals surface area contributed by atoms with Crippen LogP contribution in [0.5, 0.6) is 0 Å². The number of anilines is 2. The van der Waals surface area contributed by atoms with Gasteiger partial charge in [0.05, 0.1) is 5.69 Å². The molecule has 0 spiro atoms. The van der Waals surface area contributed by atoms with E-state index in [0.717, 1.165) is 4.68 Å². The fraction of sp³-hybridized carbons (Fsp3) is 0.0909. The van der Waals surface area contributed by atoms with Gasteiger partial charge < -0.3 is 5.32 Å². The molecule has 3 N–H and O–H groups in total. The highest BCUT2D eigenvalue weighted by Gasteiger charge is 2.13. The highest BCUT2D eigenvalue weighted by Crippen LogP contribution is 2.24. The number of hydrogen-bond donors (Lipinski definition) is 3. The summed E-state index contributed by atoms with van der Waals surface area (Å²) in [5, 5.41) is 15.8. The Labute approximate surface area is 119 Å². The fourth-order valence-electron chi connectivity index (χ4n) is 1.84. The van der Waals surface area contributed by atoms with Gasteiger partial charge >= 0.3 is 0 Å². The maximum Gasteiger partial charge on any atom is 0.289 e. The zero-order valence-corrected chi connectivity index (χ0v) is 11.9. The van der Waals surface area contributed by atoms with Gasteiger partial charge in [-0.15, -0.1) is 0 Å². The molecular weight excluding hydrogens is 328 g/mol. The van der Waals surface area contributed by atoms with Crippen molar-refractivity contribution in [3.63, 3.8) is 0 Å². The van der Waals surface area contributed by atoms with E-state index in [9.17, 15) is 9.59 Å². The van der Waals surface area contributed by atoms with Gasteiger partial charge in [-0.05, 0) is 28.1 Å². The highest BCUT2D eigenvalue weighted by atomic mass is 79.9. The molecule has 0 amide bonds. The average Bonchev–Trinajstić information content (AvgIpc) is 2.90. The summed E-state index contributed by atoms with van der Waals surface area (Å²) in [6.07, 6.45) is 0. The molecule has 0 bridgehead atoms. The third-order valence-electron chi connectivity index (χ3n) is 2.81. The van der Waals surface area contributed by atoms with Crippen molar-refractivity contribution in [3.8, 4) is 0 Å². The molecular formula is C11H9BrN6O2. The van der Waals surface area contributed by atoms with Crippen LogP contribution in [-0.4, -0.2) is 25.2 Å². The molecule has 0 aliphatic rings. The van der Waals surface area contributed by atoms with E-state index in [0.29, 0.717) is 16.7 Å². The van der Waals surface area contributed by atoms with Crippen molar-refractivity contribution in [2.24, 2.45) is 7.05 Å². The first-order valence-electron chi connectivity index (χ1n) is 5.63. The van der Waals surface area contributed by atoms with Crippen LogP contribution in [0.2, 0.25) is 0 Å². The molecule has 0 aliphatic heterocycles. The smallest absolute Gasteiger partial charge is 0.289 e. The van der Waals surface area contributed by atoms with Crippen molar-refractivity contribution in [2.75, 3.05) is 5.32 Å². The summed E-state index contributed by atoms with van der Waals surface area (Å²) in [6.45, 7) is 0. The summed E-state index contributed by atoms with van der Waals surface area (Å²) in [4.78, 5) is 23.8. The molecule has 0 atom stereocenters. The lowest BCUT2D eigenvalue weighted by Crippen LogP contribution is -2.30. The van der Waals surface area contributed by atoms with Gasteiger partial charge in [-0.2, -0.15) is 15.4 Å². The molecule has 0 saturated carbocycles. The minimum absolute atomic E-state index is 0.140. The molecule has 9 heteroatoms. The Morgan fingerprint density at radius 1 is 1.30 bits per heavy atom. The second kappa shape index (κ2) is 4.60. The fourth-order valence-corrected chi connectivity index (χ4v) is 2.20. The monoisotopic (exact) mass is 336 g/mol. The van der Waals surface area contributed by atoms with Crippen molar-refractivity contribution in [1.82, 2.24) is 25.2 Å². The Bertz CT molecular complexity index is 909. The van der Waals surface area contributed by atoms with Crippen LogP contribution in [0, 0.1) is 0 Å². The topological polar surface area (TPSA) is 108 Å². The lowest BCUT2D eigenvalue weighted by molar-refractivity contribution is 0.691. The zero-order chi connectivity index (χ0) is 14.3. The molecule has 3 rings (SSSR count). The van der Waals surface area contributed by atoms with Crippen LogP contribution in [0.25, 0.3) is 11.0 Å². The van der Waals surface area contributed by atoms with E-state index in [1.54, 1.807) is 18.2 Å². The van der Waals surface area contributed by atoms with Crippen molar-refractivity contribution in [2.45, 2.75) is 0 Å². The summed E-state index contributed by atoms with van der Waals surface area (Å²) < 4.78 is 1.25. The lowest BCUT2D eigenvalue weighted by Gasteiger charge is -2.09. The van der Waals surface area contributed by atoms with E-state index >= 15 is 0 Å². The van der Waals surface area contributed by atoms with E-state index < -0.39 is 5.56 Å². The second-order valence-corrected chi connectivity index (χ2v) is 4.91. The first kappa shape index (κ1) is 12.6. The molecule has 2 aromatic heterocycles. The molecule has 102 valence electrons. The van der Waals surface area contributed by atoms with Crippen molar-refractivity contribution < 1.29 is 0 Å². The number of aromatic amines is 2. The Hall–Kier alpha value is -2.42. The minimum Gasteiger partial charge on any atom is -0.348 e. The normalized spacial score (nSPS) is 10.9. The van der Waals surface area contributed by atoms with Crippen LogP contribution in [0.1, 0.15) is 0 Å². The van der Waals surface area contributed by atoms with Crippen molar-refractivity contribution in [1.29, 1.82) is 0 Å². The van der Waals surface area contributed by atoms with Crippen LogP contribution in [-0.2, 0) is 7.05 Å². The molecule has 2 heterocycles. The van der Waals surface area contributed by atoms with E-state index in [1.807, 2.05) is 0 Å². The largest absolute Gasteiger partial charge is 0.348 e. The molecule has 0 fully saturated rings. The van der Waals surface area contributed by atoms with Gasteiger partial charge in [-0.3, -0.25) is 19.4 Å². The molecule has 0 aliphatic carbocycles. The van der Waals surface area contributed by atoms with Gasteiger partial charge in [0.15, 0.2) is 0 Å². The SMILES string of the molecule is Cn1[nH]c(=O)c(Br)c(Nc2cccc3n[nH]nc23)c1=O. The predicted octanol–water partition coefficient (Wildman–Crippen LogP) is 0.851. The number of H-pyrrole nitrogens is 2. The standard InChI is InChI=1S/C11H9BrN6O2/c1-18-11(20)9(7(12)10(19)16-18)13-5-3-2-4-6-8(5)15-17-14-6/h2-4,13H,1H3,(H,16,19)(H,14,15,17). The third kappa shape index (κ3) is 1.92. The Morgan fingerprint density at radius 3 is 2.90 bits per heavy atom. The second-order valence-electron chi connectivity index (χ2n) is 4.12. The van der Waals surface area contributed by atoms with Gasteiger partial charge in [0, 0.05) is 7.05 Å². The summed E-state index contributed by atoms with van der Waals surface area (Å²) in [7, 11) is 1.47. The number of hydrogen-bond acceptors (Lipinski definition) is 5.